The second kappa shape index (κ2) is 8.58. The van der Waals surface area contributed by atoms with E-state index in [0.29, 0.717) is 0 Å². The molecular weight excluding hydrogens is 456 g/mol. The third-order valence-corrected chi connectivity index (χ3v) is 5.43. The van der Waals surface area contributed by atoms with E-state index in [1.165, 1.54) is 25.3 Å². The maximum absolute atomic E-state index is 14.1. The van der Waals surface area contributed by atoms with Gasteiger partial charge in [-0.05, 0) is 42.0 Å². The Labute approximate surface area is 190 Å². The quantitative estimate of drug-likeness (QED) is 0.327. The Hall–Kier alpha value is -4.28. The highest BCUT2D eigenvalue weighted by Gasteiger charge is 2.36. The van der Waals surface area contributed by atoms with Crippen LogP contribution in [-0.4, -0.2) is 18.9 Å². The van der Waals surface area contributed by atoms with Crippen molar-refractivity contribution in [3.8, 4) is 5.75 Å². The molecule has 1 aliphatic rings. The van der Waals surface area contributed by atoms with Crippen LogP contribution in [0.5, 0.6) is 5.75 Å². The predicted molar refractivity (Wildman–Crippen MR) is 117 cm³/mol. The van der Waals surface area contributed by atoms with E-state index in [0.717, 1.165) is 24.3 Å². The van der Waals surface area contributed by atoms with Crippen LogP contribution >= 0.6 is 0 Å². The third kappa shape index (κ3) is 3.96. The number of rotatable bonds is 5. The van der Waals surface area contributed by atoms with Gasteiger partial charge in [-0.2, -0.15) is 0 Å². The van der Waals surface area contributed by atoms with E-state index in [9.17, 15) is 27.2 Å². The first kappa shape index (κ1) is 22.9. The number of methoxy groups -OCH3 is 1. The molecule has 0 aromatic heterocycles. The van der Waals surface area contributed by atoms with Crippen molar-refractivity contribution in [3.63, 3.8) is 0 Å². The monoisotopic (exact) mass is 474 g/mol. The summed E-state index contributed by atoms with van der Waals surface area (Å²) in [7, 11) is 1.25. The molecule has 0 bridgehead atoms. The number of amides is 2. The molecule has 6 N–H and O–H groups in total. The first-order chi connectivity index (χ1) is 16.1. The number of hydrogen-bond acceptors (Lipinski definition) is 5. The molecule has 0 spiro atoms. The molecule has 1 heterocycles. The van der Waals surface area contributed by atoms with Crippen molar-refractivity contribution in [3.05, 3.63) is 81.9 Å². The van der Waals surface area contributed by atoms with Crippen molar-refractivity contribution < 1.29 is 31.9 Å². The number of hydrogen-bond donors (Lipinski definition) is 4. The molecule has 4 rings (SSSR count). The molecule has 1 atom stereocenters. The maximum atomic E-state index is 14.1. The van der Waals surface area contributed by atoms with Gasteiger partial charge < -0.3 is 26.8 Å². The Balaban J connectivity index is 1.82. The molecule has 3 aromatic carbocycles. The standard InChI is InChI=1S/C23H18F4N4O3/c1-34-17-5-9(4-15(25)19(17)29)22(32)30-16-8-11(28)7-14-18(16)20(31-23(14)33)13-6-10(24)2-3-12(13)21(26)27/h2-8,20-21H,28-29H2,1H3,(H,30,32)(H,31,33). The molecule has 2 amide bonds. The van der Waals surface area contributed by atoms with E-state index in [1.807, 2.05) is 0 Å². The Morgan fingerprint density at radius 2 is 1.85 bits per heavy atom. The van der Waals surface area contributed by atoms with E-state index in [4.69, 9.17) is 16.2 Å². The van der Waals surface area contributed by atoms with Gasteiger partial charge >= 0.3 is 0 Å². The van der Waals surface area contributed by atoms with Gasteiger partial charge in [0.2, 0.25) is 0 Å². The Bertz CT molecular complexity index is 1330. The number of nitrogen functional groups attached to an aromatic ring is 2. The van der Waals surface area contributed by atoms with Crippen LogP contribution in [0.3, 0.4) is 0 Å². The van der Waals surface area contributed by atoms with Gasteiger partial charge in [0.1, 0.15) is 17.3 Å². The largest absolute Gasteiger partial charge is 0.494 e. The van der Waals surface area contributed by atoms with Crippen molar-refractivity contribution >= 4 is 28.9 Å². The normalized spacial score (nSPS) is 14.6. The van der Waals surface area contributed by atoms with Crippen LogP contribution in [0.2, 0.25) is 0 Å². The van der Waals surface area contributed by atoms with Gasteiger partial charge in [-0.3, -0.25) is 9.59 Å². The lowest BCUT2D eigenvalue weighted by molar-refractivity contribution is 0.0958. The van der Waals surface area contributed by atoms with E-state index >= 15 is 0 Å². The van der Waals surface area contributed by atoms with E-state index < -0.39 is 41.5 Å². The third-order valence-electron chi connectivity index (χ3n) is 5.43. The van der Waals surface area contributed by atoms with Crippen LogP contribution in [-0.2, 0) is 0 Å². The molecule has 11 heteroatoms. The summed E-state index contributed by atoms with van der Waals surface area (Å²) in [6.07, 6.45) is -2.95. The van der Waals surface area contributed by atoms with Crippen molar-refractivity contribution in [2.24, 2.45) is 0 Å². The second-order valence-corrected chi connectivity index (χ2v) is 7.54. The molecule has 176 valence electrons. The average molecular weight is 474 g/mol. The number of alkyl halides is 2. The number of fused-ring (bicyclic) bond motifs is 1. The summed E-state index contributed by atoms with van der Waals surface area (Å²) >= 11 is 0. The van der Waals surface area contributed by atoms with Crippen LogP contribution in [0.4, 0.5) is 34.6 Å². The summed E-state index contributed by atoms with van der Waals surface area (Å²) in [6.45, 7) is 0. The fourth-order valence-electron chi connectivity index (χ4n) is 3.87. The van der Waals surface area contributed by atoms with E-state index in [1.54, 1.807) is 0 Å². The number of benzene rings is 3. The molecule has 0 saturated heterocycles. The zero-order valence-electron chi connectivity index (χ0n) is 17.6. The SMILES string of the molecule is COc1cc(C(=O)Nc2cc(N)cc3c2C(c2cc(F)ccc2C(F)F)NC3=O)cc(F)c1N. The second-order valence-electron chi connectivity index (χ2n) is 7.54. The Morgan fingerprint density at radius 3 is 2.53 bits per heavy atom. The topological polar surface area (TPSA) is 119 Å². The highest BCUT2D eigenvalue weighted by atomic mass is 19.3. The highest BCUT2D eigenvalue weighted by molar-refractivity contribution is 6.08. The number of nitrogens with two attached hydrogens (primary N) is 2. The fraction of sp³-hybridized carbons (Fsp3) is 0.130. The van der Waals surface area contributed by atoms with Crippen LogP contribution in [0, 0.1) is 11.6 Å². The van der Waals surface area contributed by atoms with Crippen molar-refractivity contribution in [1.82, 2.24) is 5.32 Å². The number of carbonyl (C=O) groups is 2. The molecule has 0 saturated carbocycles. The van der Waals surface area contributed by atoms with Crippen LogP contribution in [0.15, 0.2) is 42.5 Å². The molecule has 0 radical (unpaired) electrons. The molecule has 34 heavy (non-hydrogen) atoms. The summed E-state index contributed by atoms with van der Waals surface area (Å²) in [5.41, 5.74) is 10.6. The number of ether oxygens (including phenoxy) is 1. The molecule has 1 unspecified atom stereocenters. The molecule has 0 aliphatic carbocycles. The Morgan fingerprint density at radius 1 is 1.12 bits per heavy atom. The predicted octanol–water partition coefficient (Wildman–Crippen LogP) is 4.16. The van der Waals surface area contributed by atoms with Gasteiger partial charge in [0.05, 0.1) is 13.2 Å². The molecular formula is C23H18F4N4O3. The zero-order chi connectivity index (χ0) is 24.7. The van der Waals surface area contributed by atoms with E-state index in [2.05, 4.69) is 10.6 Å². The average Bonchev–Trinajstić information content (AvgIpc) is 3.11. The van der Waals surface area contributed by atoms with Crippen LogP contribution in [0.1, 0.15) is 49.9 Å². The van der Waals surface area contributed by atoms with Crippen LogP contribution < -0.4 is 26.8 Å². The minimum Gasteiger partial charge on any atom is -0.494 e. The summed E-state index contributed by atoms with van der Waals surface area (Å²) < 4.78 is 60.4. The first-order valence-corrected chi connectivity index (χ1v) is 9.86. The molecule has 1 aliphatic heterocycles. The molecule has 0 fully saturated rings. The minimum atomic E-state index is -2.95. The van der Waals surface area contributed by atoms with Crippen LogP contribution in [0.25, 0.3) is 0 Å². The number of halogens is 4. The molecule has 7 nitrogen and oxygen atoms in total. The van der Waals surface area contributed by atoms with Gasteiger partial charge in [0.25, 0.3) is 18.2 Å². The fourth-order valence-corrected chi connectivity index (χ4v) is 3.87. The highest BCUT2D eigenvalue weighted by Crippen LogP contribution is 2.41. The van der Waals surface area contributed by atoms with E-state index in [-0.39, 0.29) is 45.1 Å². The lowest BCUT2D eigenvalue weighted by atomic mass is 9.92. The molecule has 3 aromatic rings. The van der Waals surface area contributed by atoms with Crippen molar-refractivity contribution in [1.29, 1.82) is 0 Å². The number of anilines is 3. The van der Waals surface area contributed by atoms with Gasteiger partial charge in [-0.25, -0.2) is 17.6 Å². The minimum absolute atomic E-state index is 0.00373. The Kier molecular flexibility index (Phi) is 5.78. The van der Waals surface area contributed by atoms with Gasteiger partial charge in [0.15, 0.2) is 5.82 Å². The lowest BCUT2D eigenvalue weighted by Crippen LogP contribution is -2.22. The van der Waals surface area contributed by atoms with Crippen molar-refractivity contribution in [2.75, 3.05) is 23.9 Å². The van der Waals surface area contributed by atoms with Gasteiger partial charge in [-0.1, -0.05) is 6.07 Å². The number of nitrogens with one attached hydrogen (secondary N) is 2. The summed E-state index contributed by atoms with van der Waals surface area (Å²) in [6, 6.07) is 6.24. The van der Waals surface area contributed by atoms with Gasteiger partial charge in [0, 0.05) is 33.6 Å². The maximum Gasteiger partial charge on any atom is 0.264 e. The lowest BCUT2D eigenvalue weighted by Gasteiger charge is -2.20. The van der Waals surface area contributed by atoms with Gasteiger partial charge in [-0.15, -0.1) is 0 Å². The number of carbonyl (C=O) groups excluding carboxylic acids is 2. The summed E-state index contributed by atoms with van der Waals surface area (Å²) in [4.78, 5) is 25.5. The summed E-state index contributed by atoms with van der Waals surface area (Å²) in [5.74, 6) is -3.20. The first-order valence-electron chi connectivity index (χ1n) is 9.86. The van der Waals surface area contributed by atoms with Crippen molar-refractivity contribution in [2.45, 2.75) is 12.5 Å². The zero-order valence-corrected chi connectivity index (χ0v) is 17.6. The summed E-state index contributed by atoms with van der Waals surface area (Å²) in [5, 5.41) is 5.06. The smallest absolute Gasteiger partial charge is 0.264 e.